The molecule has 2 aromatic rings. The zero-order valence-electron chi connectivity index (χ0n) is 9.65. The lowest BCUT2D eigenvalue weighted by atomic mass is 10.2. The molecule has 2 heterocycles. The van der Waals surface area contributed by atoms with Crippen molar-refractivity contribution >= 4 is 28.7 Å². The molecule has 4 nitrogen and oxygen atoms in total. The van der Waals surface area contributed by atoms with Crippen molar-refractivity contribution in [2.24, 2.45) is 0 Å². The first-order valence-corrected chi connectivity index (χ1v) is 6.03. The molecule has 0 fully saturated rings. The summed E-state index contributed by atoms with van der Waals surface area (Å²) in [6.45, 7) is 3.77. The van der Waals surface area contributed by atoms with E-state index in [9.17, 15) is 4.79 Å². The van der Waals surface area contributed by atoms with Crippen LogP contribution in [0.25, 0.3) is 0 Å². The maximum atomic E-state index is 12.0. The summed E-state index contributed by atoms with van der Waals surface area (Å²) in [7, 11) is 0. The molecule has 0 aliphatic carbocycles. The largest absolute Gasteiger partial charge is 0.397 e. The van der Waals surface area contributed by atoms with E-state index in [-0.39, 0.29) is 5.91 Å². The van der Waals surface area contributed by atoms with Crippen molar-refractivity contribution in [3.63, 3.8) is 0 Å². The highest BCUT2D eigenvalue weighted by atomic mass is 32.1. The molecule has 0 aliphatic rings. The summed E-state index contributed by atoms with van der Waals surface area (Å²) in [6.07, 6.45) is 1.53. The quantitative estimate of drug-likeness (QED) is 0.857. The Balaban J connectivity index is 2.22. The standard InChI is InChI=1S/C12H13N3OS/c1-7-3-4-17-10(7)12(16)15-11-8(2)5-9(13)6-14-11/h3-6H,13H2,1-2H3,(H,14,15,16). The van der Waals surface area contributed by atoms with E-state index in [1.807, 2.05) is 25.3 Å². The molecule has 0 spiro atoms. The van der Waals surface area contributed by atoms with Crippen molar-refractivity contribution < 1.29 is 4.79 Å². The summed E-state index contributed by atoms with van der Waals surface area (Å²) in [6, 6.07) is 3.70. The third-order valence-electron chi connectivity index (χ3n) is 2.40. The van der Waals surface area contributed by atoms with Gasteiger partial charge in [-0.1, -0.05) is 0 Å². The molecule has 0 aliphatic heterocycles. The van der Waals surface area contributed by atoms with Crippen molar-refractivity contribution in [1.82, 2.24) is 4.98 Å². The molecule has 5 heteroatoms. The second-order valence-corrected chi connectivity index (χ2v) is 4.74. The first kappa shape index (κ1) is 11.6. The number of nitrogen functional groups attached to an aromatic ring is 1. The van der Waals surface area contributed by atoms with Gasteiger partial charge in [0, 0.05) is 0 Å². The van der Waals surface area contributed by atoms with Crippen molar-refractivity contribution in [2.75, 3.05) is 11.1 Å². The van der Waals surface area contributed by atoms with E-state index in [4.69, 9.17) is 5.73 Å². The third-order valence-corrected chi connectivity index (χ3v) is 3.41. The third kappa shape index (κ3) is 2.45. The molecule has 0 saturated heterocycles. The van der Waals surface area contributed by atoms with Gasteiger partial charge in [-0.2, -0.15) is 0 Å². The lowest BCUT2D eigenvalue weighted by molar-refractivity contribution is 0.102. The second-order valence-electron chi connectivity index (χ2n) is 3.82. The Morgan fingerprint density at radius 1 is 1.41 bits per heavy atom. The minimum Gasteiger partial charge on any atom is -0.397 e. The Hall–Kier alpha value is -1.88. The average Bonchev–Trinajstić information content (AvgIpc) is 2.68. The summed E-state index contributed by atoms with van der Waals surface area (Å²) in [5, 5.41) is 4.68. The first-order chi connectivity index (χ1) is 8.08. The van der Waals surface area contributed by atoms with Crippen LogP contribution >= 0.6 is 11.3 Å². The first-order valence-electron chi connectivity index (χ1n) is 5.15. The minimum atomic E-state index is -0.127. The molecule has 0 aromatic carbocycles. The number of aromatic nitrogens is 1. The fourth-order valence-corrected chi connectivity index (χ4v) is 2.32. The molecule has 0 saturated carbocycles. The van der Waals surface area contributed by atoms with Crippen molar-refractivity contribution in [1.29, 1.82) is 0 Å². The fourth-order valence-electron chi connectivity index (χ4n) is 1.50. The van der Waals surface area contributed by atoms with Gasteiger partial charge < -0.3 is 11.1 Å². The number of carbonyl (C=O) groups is 1. The maximum absolute atomic E-state index is 12.0. The Morgan fingerprint density at radius 2 is 2.18 bits per heavy atom. The molecule has 17 heavy (non-hydrogen) atoms. The molecule has 2 rings (SSSR count). The SMILES string of the molecule is Cc1cc(N)cnc1NC(=O)c1sccc1C. The summed E-state index contributed by atoms with van der Waals surface area (Å²) < 4.78 is 0. The predicted molar refractivity (Wildman–Crippen MR) is 70.4 cm³/mol. The van der Waals surface area contributed by atoms with Crippen LogP contribution in [0.15, 0.2) is 23.7 Å². The smallest absolute Gasteiger partial charge is 0.267 e. The van der Waals surface area contributed by atoms with Gasteiger partial charge in [-0.05, 0) is 42.5 Å². The van der Waals surface area contributed by atoms with Gasteiger partial charge in [-0.15, -0.1) is 11.3 Å². The zero-order valence-corrected chi connectivity index (χ0v) is 10.5. The number of nitrogens with one attached hydrogen (secondary N) is 1. The number of carbonyl (C=O) groups excluding carboxylic acids is 1. The molecular weight excluding hydrogens is 234 g/mol. The molecule has 0 atom stereocenters. The number of anilines is 2. The van der Waals surface area contributed by atoms with E-state index in [0.717, 1.165) is 11.1 Å². The van der Waals surface area contributed by atoms with Gasteiger partial charge in [0.05, 0.1) is 16.8 Å². The van der Waals surface area contributed by atoms with Gasteiger partial charge in [0.15, 0.2) is 0 Å². The van der Waals surface area contributed by atoms with Gasteiger partial charge >= 0.3 is 0 Å². The molecule has 88 valence electrons. The Bertz CT molecular complexity index is 563. The number of aryl methyl sites for hydroxylation is 2. The lowest BCUT2D eigenvalue weighted by Crippen LogP contribution is -2.13. The van der Waals surface area contributed by atoms with Gasteiger partial charge in [-0.3, -0.25) is 4.79 Å². The number of amides is 1. The summed E-state index contributed by atoms with van der Waals surface area (Å²) in [5.74, 6) is 0.426. The van der Waals surface area contributed by atoms with E-state index in [2.05, 4.69) is 10.3 Å². The molecule has 0 radical (unpaired) electrons. The predicted octanol–water partition coefficient (Wildman–Crippen LogP) is 2.59. The number of thiophene rings is 1. The molecule has 3 N–H and O–H groups in total. The van der Waals surface area contributed by atoms with Gasteiger partial charge in [-0.25, -0.2) is 4.98 Å². The van der Waals surface area contributed by atoms with Crippen LogP contribution in [0.1, 0.15) is 20.8 Å². The van der Waals surface area contributed by atoms with Crippen molar-refractivity contribution in [2.45, 2.75) is 13.8 Å². The lowest BCUT2D eigenvalue weighted by Gasteiger charge is -2.07. The van der Waals surface area contributed by atoms with Crippen molar-refractivity contribution in [3.05, 3.63) is 39.7 Å². The summed E-state index contributed by atoms with van der Waals surface area (Å²) >= 11 is 1.42. The minimum absolute atomic E-state index is 0.127. The number of pyridine rings is 1. The number of hydrogen-bond donors (Lipinski definition) is 2. The molecule has 1 amide bonds. The van der Waals surface area contributed by atoms with E-state index >= 15 is 0 Å². The highest BCUT2D eigenvalue weighted by Gasteiger charge is 2.12. The monoisotopic (exact) mass is 247 g/mol. The molecule has 0 bridgehead atoms. The van der Waals surface area contributed by atoms with Gasteiger partial charge in [0.2, 0.25) is 0 Å². The van der Waals surface area contributed by atoms with E-state index in [1.54, 1.807) is 6.07 Å². The highest BCUT2D eigenvalue weighted by Crippen LogP contribution is 2.19. The Kier molecular flexibility index (Phi) is 3.10. The topological polar surface area (TPSA) is 68.0 Å². The second kappa shape index (κ2) is 4.55. The number of nitrogens with two attached hydrogens (primary N) is 1. The number of hydrogen-bond acceptors (Lipinski definition) is 4. The maximum Gasteiger partial charge on any atom is 0.267 e. The van der Waals surface area contributed by atoms with Crippen LogP contribution in [0.3, 0.4) is 0 Å². The Labute approximate surface area is 103 Å². The average molecular weight is 247 g/mol. The number of rotatable bonds is 2. The van der Waals surface area contributed by atoms with Crippen molar-refractivity contribution in [3.8, 4) is 0 Å². The van der Waals surface area contributed by atoms with Crippen LogP contribution in [-0.4, -0.2) is 10.9 Å². The zero-order chi connectivity index (χ0) is 12.4. The van der Waals surface area contributed by atoms with Gasteiger partial charge in [0.25, 0.3) is 5.91 Å². The van der Waals surface area contributed by atoms with Crippen LogP contribution in [-0.2, 0) is 0 Å². The van der Waals surface area contributed by atoms with E-state index < -0.39 is 0 Å². The molecule has 0 unspecified atom stereocenters. The van der Waals surface area contributed by atoms with E-state index in [0.29, 0.717) is 16.4 Å². The normalized spacial score (nSPS) is 10.2. The van der Waals surface area contributed by atoms with Crippen LogP contribution in [0.4, 0.5) is 11.5 Å². The molecule has 2 aromatic heterocycles. The van der Waals surface area contributed by atoms with Crippen LogP contribution in [0, 0.1) is 13.8 Å². The fraction of sp³-hybridized carbons (Fsp3) is 0.167. The summed E-state index contributed by atoms with van der Waals surface area (Å²) in [5.41, 5.74) is 8.02. The van der Waals surface area contributed by atoms with Crippen LogP contribution in [0.2, 0.25) is 0 Å². The van der Waals surface area contributed by atoms with Crippen LogP contribution in [0.5, 0.6) is 0 Å². The molecular formula is C12H13N3OS. The summed E-state index contributed by atoms with van der Waals surface area (Å²) in [4.78, 5) is 16.8. The highest BCUT2D eigenvalue weighted by molar-refractivity contribution is 7.12. The number of nitrogens with zero attached hydrogens (tertiary/aromatic N) is 1. The van der Waals surface area contributed by atoms with Gasteiger partial charge in [0.1, 0.15) is 5.82 Å². The van der Waals surface area contributed by atoms with Crippen LogP contribution < -0.4 is 11.1 Å². The van der Waals surface area contributed by atoms with E-state index in [1.165, 1.54) is 17.5 Å². The Morgan fingerprint density at radius 3 is 2.76 bits per heavy atom.